The summed E-state index contributed by atoms with van der Waals surface area (Å²) in [5, 5.41) is 2.84. The van der Waals surface area contributed by atoms with Gasteiger partial charge in [0.1, 0.15) is 0 Å². The highest BCUT2D eigenvalue weighted by Gasteiger charge is 2.12. The number of nitrogens with zero attached hydrogens (tertiary/aromatic N) is 1. The lowest BCUT2D eigenvalue weighted by Crippen LogP contribution is -2.26. The van der Waals surface area contributed by atoms with Crippen LogP contribution in [-0.4, -0.2) is 17.4 Å². The Bertz CT molecular complexity index is 384. The third-order valence-electron chi connectivity index (χ3n) is 2.30. The summed E-state index contributed by atoms with van der Waals surface area (Å²) in [6, 6.07) is 1.69. The SMILES string of the molecule is CCCCCNC(=O)c1cc(Br)cnc1NN. The molecule has 1 rings (SSSR count). The molecule has 1 aromatic rings. The van der Waals surface area contributed by atoms with E-state index in [2.05, 4.69) is 38.6 Å². The van der Waals surface area contributed by atoms with Crippen molar-refractivity contribution in [1.29, 1.82) is 0 Å². The van der Waals surface area contributed by atoms with Crippen LogP contribution in [0.2, 0.25) is 0 Å². The van der Waals surface area contributed by atoms with Crippen LogP contribution in [0, 0.1) is 0 Å². The number of unbranched alkanes of at least 4 members (excludes halogenated alkanes) is 2. The molecule has 0 spiro atoms. The van der Waals surface area contributed by atoms with E-state index < -0.39 is 0 Å². The Labute approximate surface area is 109 Å². The first-order valence-corrected chi connectivity index (χ1v) is 6.38. The van der Waals surface area contributed by atoms with Crippen molar-refractivity contribution < 1.29 is 4.79 Å². The van der Waals surface area contributed by atoms with Crippen LogP contribution >= 0.6 is 15.9 Å². The van der Waals surface area contributed by atoms with Gasteiger partial charge in [-0.1, -0.05) is 19.8 Å². The van der Waals surface area contributed by atoms with Gasteiger partial charge in [0.05, 0.1) is 5.56 Å². The van der Waals surface area contributed by atoms with E-state index in [1.807, 2.05) is 0 Å². The second kappa shape index (κ2) is 7.24. The van der Waals surface area contributed by atoms with Crippen molar-refractivity contribution in [2.75, 3.05) is 12.0 Å². The Balaban J connectivity index is 2.64. The number of carbonyl (C=O) groups excluding carboxylic acids is 1. The Morgan fingerprint density at radius 3 is 2.94 bits per heavy atom. The topological polar surface area (TPSA) is 80.0 Å². The van der Waals surface area contributed by atoms with E-state index in [1.54, 1.807) is 12.3 Å². The van der Waals surface area contributed by atoms with Crippen molar-refractivity contribution in [3.63, 3.8) is 0 Å². The summed E-state index contributed by atoms with van der Waals surface area (Å²) in [4.78, 5) is 15.9. The number of amides is 1. The molecule has 4 N–H and O–H groups in total. The summed E-state index contributed by atoms with van der Waals surface area (Å²) in [5.41, 5.74) is 2.86. The summed E-state index contributed by atoms with van der Waals surface area (Å²) in [6.45, 7) is 2.79. The molecule has 5 nitrogen and oxygen atoms in total. The highest BCUT2D eigenvalue weighted by molar-refractivity contribution is 9.10. The number of hydrazine groups is 1. The predicted molar refractivity (Wildman–Crippen MR) is 71.6 cm³/mol. The van der Waals surface area contributed by atoms with Crippen LogP contribution in [-0.2, 0) is 0 Å². The number of aromatic nitrogens is 1. The molecule has 0 aliphatic heterocycles. The Kier molecular flexibility index (Phi) is 5.93. The zero-order valence-electron chi connectivity index (χ0n) is 9.79. The van der Waals surface area contributed by atoms with Gasteiger partial charge in [-0.15, -0.1) is 0 Å². The van der Waals surface area contributed by atoms with Gasteiger partial charge in [0.25, 0.3) is 5.91 Å². The van der Waals surface area contributed by atoms with Gasteiger partial charge < -0.3 is 10.7 Å². The average molecular weight is 301 g/mol. The van der Waals surface area contributed by atoms with Crippen LogP contribution in [0.15, 0.2) is 16.7 Å². The maximum absolute atomic E-state index is 11.9. The lowest BCUT2D eigenvalue weighted by atomic mass is 10.2. The minimum absolute atomic E-state index is 0.164. The molecule has 0 bridgehead atoms. The summed E-state index contributed by atoms with van der Waals surface area (Å²) in [7, 11) is 0. The number of rotatable bonds is 6. The minimum Gasteiger partial charge on any atom is -0.352 e. The molecule has 1 amide bonds. The van der Waals surface area contributed by atoms with E-state index in [-0.39, 0.29) is 5.91 Å². The van der Waals surface area contributed by atoms with E-state index in [1.165, 1.54) is 0 Å². The fraction of sp³-hybridized carbons (Fsp3) is 0.455. The van der Waals surface area contributed by atoms with Gasteiger partial charge in [0.15, 0.2) is 5.82 Å². The fourth-order valence-electron chi connectivity index (χ4n) is 1.40. The van der Waals surface area contributed by atoms with Crippen molar-refractivity contribution >= 4 is 27.7 Å². The van der Waals surface area contributed by atoms with E-state index in [4.69, 9.17) is 5.84 Å². The lowest BCUT2D eigenvalue weighted by Gasteiger charge is -2.09. The number of hydrogen-bond donors (Lipinski definition) is 3. The number of halogens is 1. The molecule has 0 saturated heterocycles. The number of nitrogens with two attached hydrogens (primary N) is 1. The maximum atomic E-state index is 11.9. The molecule has 94 valence electrons. The number of carbonyl (C=O) groups is 1. The normalized spacial score (nSPS) is 10.1. The van der Waals surface area contributed by atoms with Crippen LogP contribution < -0.4 is 16.6 Å². The van der Waals surface area contributed by atoms with E-state index in [0.29, 0.717) is 17.9 Å². The van der Waals surface area contributed by atoms with Crippen LogP contribution in [0.1, 0.15) is 36.5 Å². The van der Waals surface area contributed by atoms with Gasteiger partial charge in [-0.05, 0) is 28.4 Å². The number of pyridine rings is 1. The standard InChI is InChI=1S/C11H17BrN4O/c1-2-3-4-5-14-11(17)9-6-8(12)7-15-10(9)16-13/h6-7H,2-5,13H2,1H3,(H,14,17)(H,15,16). The molecule has 1 heterocycles. The Hall–Kier alpha value is -1.14. The average Bonchev–Trinajstić information content (AvgIpc) is 2.34. The largest absolute Gasteiger partial charge is 0.352 e. The van der Waals surface area contributed by atoms with Gasteiger partial charge in [-0.3, -0.25) is 4.79 Å². The van der Waals surface area contributed by atoms with Crippen molar-refractivity contribution in [2.45, 2.75) is 26.2 Å². The van der Waals surface area contributed by atoms with Crippen molar-refractivity contribution in [2.24, 2.45) is 5.84 Å². The second-order valence-electron chi connectivity index (χ2n) is 3.66. The molecule has 6 heteroatoms. The first kappa shape index (κ1) is 13.9. The first-order valence-electron chi connectivity index (χ1n) is 5.59. The van der Waals surface area contributed by atoms with E-state index in [9.17, 15) is 4.79 Å². The van der Waals surface area contributed by atoms with Crippen LogP contribution in [0.5, 0.6) is 0 Å². The molecule has 0 atom stereocenters. The Morgan fingerprint density at radius 1 is 1.53 bits per heavy atom. The van der Waals surface area contributed by atoms with Gasteiger partial charge in [0, 0.05) is 17.2 Å². The van der Waals surface area contributed by atoms with Gasteiger partial charge >= 0.3 is 0 Å². The first-order chi connectivity index (χ1) is 8.19. The number of hydrogen-bond acceptors (Lipinski definition) is 4. The third-order valence-corrected chi connectivity index (χ3v) is 2.74. The molecule has 0 aliphatic carbocycles. The highest BCUT2D eigenvalue weighted by Crippen LogP contribution is 2.17. The van der Waals surface area contributed by atoms with Gasteiger partial charge in [-0.25, -0.2) is 10.8 Å². The summed E-state index contributed by atoms with van der Waals surface area (Å²) >= 11 is 3.28. The minimum atomic E-state index is -0.164. The molecular formula is C11H17BrN4O. The molecule has 0 fully saturated rings. The van der Waals surface area contributed by atoms with E-state index >= 15 is 0 Å². The predicted octanol–water partition coefficient (Wildman–Crippen LogP) is 2.05. The third kappa shape index (κ3) is 4.32. The number of nitrogens with one attached hydrogen (secondary N) is 2. The summed E-state index contributed by atoms with van der Waals surface area (Å²) in [5.74, 6) is 5.52. The molecule has 0 aromatic carbocycles. The van der Waals surface area contributed by atoms with Crippen LogP contribution in [0.4, 0.5) is 5.82 Å². The highest BCUT2D eigenvalue weighted by atomic mass is 79.9. The smallest absolute Gasteiger partial charge is 0.255 e. The van der Waals surface area contributed by atoms with Crippen molar-refractivity contribution in [1.82, 2.24) is 10.3 Å². The van der Waals surface area contributed by atoms with Gasteiger partial charge in [-0.2, -0.15) is 0 Å². The molecule has 0 radical (unpaired) electrons. The quantitative estimate of drug-likeness (QED) is 0.427. The van der Waals surface area contributed by atoms with E-state index in [0.717, 1.165) is 23.7 Å². The zero-order valence-corrected chi connectivity index (χ0v) is 11.4. The molecule has 1 aromatic heterocycles. The van der Waals surface area contributed by atoms with Crippen molar-refractivity contribution in [3.05, 3.63) is 22.3 Å². The number of nitrogen functional groups attached to an aromatic ring is 1. The molecule has 0 aliphatic rings. The lowest BCUT2D eigenvalue weighted by molar-refractivity contribution is 0.0953. The van der Waals surface area contributed by atoms with Crippen LogP contribution in [0.25, 0.3) is 0 Å². The zero-order chi connectivity index (χ0) is 12.7. The second-order valence-corrected chi connectivity index (χ2v) is 4.57. The summed E-state index contributed by atoms with van der Waals surface area (Å²) in [6.07, 6.45) is 4.81. The monoisotopic (exact) mass is 300 g/mol. The Morgan fingerprint density at radius 2 is 2.29 bits per heavy atom. The maximum Gasteiger partial charge on any atom is 0.255 e. The molecule has 0 unspecified atom stereocenters. The fourth-order valence-corrected chi connectivity index (χ4v) is 1.73. The van der Waals surface area contributed by atoms with Gasteiger partial charge in [0.2, 0.25) is 0 Å². The molecule has 17 heavy (non-hydrogen) atoms. The van der Waals surface area contributed by atoms with Crippen LogP contribution in [0.3, 0.4) is 0 Å². The van der Waals surface area contributed by atoms with Crippen molar-refractivity contribution in [3.8, 4) is 0 Å². The molecular weight excluding hydrogens is 284 g/mol. The molecule has 0 saturated carbocycles. The number of anilines is 1. The summed E-state index contributed by atoms with van der Waals surface area (Å²) < 4.78 is 0.746.